The molecular formula is C17H28ClN3O5S. The Kier molecular flexibility index (Phi) is 9.31. The molecule has 1 amide bonds. The van der Waals surface area contributed by atoms with Gasteiger partial charge in [-0.1, -0.05) is 0 Å². The zero-order chi connectivity index (χ0) is 19.2. The monoisotopic (exact) mass is 421 g/mol. The molecule has 4 N–H and O–H groups in total. The van der Waals surface area contributed by atoms with Gasteiger partial charge in [0.15, 0.2) is 11.5 Å². The van der Waals surface area contributed by atoms with E-state index in [1.54, 1.807) is 0 Å². The molecule has 10 heteroatoms. The Labute approximate surface area is 166 Å². The van der Waals surface area contributed by atoms with Crippen molar-refractivity contribution in [3.8, 4) is 11.5 Å². The number of rotatable bonds is 8. The molecule has 154 valence electrons. The molecule has 0 aromatic heterocycles. The molecule has 1 aromatic rings. The maximum atomic E-state index is 12.4. The topological polar surface area (TPSA) is 120 Å². The van der Waals surface area contributed by atoms with Crippen LogP contribution in [0.5, 0.6) is 11.5 Å². The number of sulfonamides is 1. The van der Waals surface area contributed by atoms with E-state index in [4.69, 9.17) is 15.2 Å². The summed E-state index contributed by atoms with van der Waals surface area (Å²) < 4.78 is 37.4. The van der Waals surface area contributed by atoms with Crippen molar-refractivity contribution < 1.29 is 22.7 Å². The number of carbonyl (C=O) groups excluding carboxylic acids is 1. The summed E-state index contributed by atoms with van der Waals surface area (Å²) in [4.78, 5) is 12.0. The molecule has 0 saturated heterocycles. The largest absolute Gasteiger partial charge is 0.493 e. The number of ether oxygens (including phenoxy) is 2. The molecule has 1 aliphatic rings. The van der Waals surface area contributed by atoms with Crippen molar-refractivity contribution >= 4 is 28.3 Å². The number of hydrogen-bond donors (Lipinski definition) is 3. The summed E-state index contributed by atoms with van der Waals surface area (Å²) in [6.07, 6.45) is 3.61. The number of nitrogens with two attached hydrogens (primary N) is 1. The van der Waals surface area contributed by atoms with E-state index < -0.39 is 10.0 Å². The number of methoxy groups -OCH3 is 2. The summed E-state index contributed by atoms with van der Waals surface area (Å²) in [6.45, 7) is 0.0226. The van der Waals surface area contributed by atoms with Gasteiger partial charge in [-0.2, -0.15) is 0 Å². The third-order valence-electron chi connectivity index (χ3n) is 4.45. The first-order valence-electron chi connectivity index (χ1n) is 8.62. The Morgan fingerprint density at radius 2 is 1.78 bits per heavy atom. The van der Waals surface area contributed by atoms with E-state index in [0.717, 1.165) is 25.7 Å². The maximum Gasteiger partial charge on any atom is 0.240 e. The number of amides is 1. The van der Waals surface area contributed by atoms with Gasteiger partial charge in [-0.05, 0) is 37.8 Å². The van der Waals surface area contributed by atoms with Gasteiger partial charge >= 0.3 is 0 Å². The van der Waals surface area contributed by atoms with Crippen LogP contribution in [0.1, 0.15) is 32.1 Å². The first-order chi connectivity index (χ1) is 12.4. The molecule has 1 aliphatic carbocycles. The number of hydrogen-bond acceptors (Lipinski definition) is 6. The van der Waals surface area contributed by atoms with Crippen LogP contribution in [0.15, 0.2) is 23.1 Å². The third kappa shape index (κ3) is 6.84. The first kappa shape index (κ1) is 23.5. The van der Waals surface area contributed by atoms with Gasteiger partial charge < -0.3 is 20.5 Å². The fourth-order valence-corrected chi connectivity index (χ4v) is 3.98. The fraction of sp³-hybridized carbons (Fsp3) is 0.588. The average molecular weight is 422 g/mol. The molecule has 0 atom stereocenters. The maximum absolute atomic E-state index is 12.4. The van der Waals surface area contributed by atoms with Gasteiger partial charge in [0, 0.05) is 31.1 Å². The Hall–Kier alpha value is -1.55. The number of benzene rings is 1. The molecule has 0 aliphatic heterocycles. The van der Waals surface area contributed by atoms with Gasteiger partial charge in [-0.3, -0.25) is 4.79 Å². The minimum atomic E-state index is -3.74. The predicted molar refractivity (Wildman–Crippen MR) is 105 cm³/mol. The number of halogens is 1. The molecule has 2 rings (SSSR count). The second-order valence-electron chi connectivity index (χ2n) is 6.34. The van der Waals surface area contributed by atoms with Crippen molar-refractivity contribution in [1.29, 1.82) is 0 Å². The van der Waals surface area contributed by atoms with E-state index in [0.29, 0.717) is 11.5 Å². The molecule has 27 heavy (non-hydrogen) atoms. The van der Waals surface area contributed by atoms with E-state index in [-0.39, 0.29) is 48.3 Å². The molecule has 8 nitrogen and oxygen atoms in total. The normalized spacial score (nSPS) is 19.7. The lowest BCUT2D eigenvalue weighted by molar-refractivity contribution is -0.121. The Bertz CT molecular complexity index is 721. The van der Waals surface area contributed by atoms with Crippen LogP contribution < -0.4 is 25.2 Å². The van der Waals surface area contributed by atoms with Crippen LogP contribution in [0.4, 0.5) is 0 Å². The minimum Gasteiger partial charge on any atom is -0.493 e. The third-order valence-corrected chi connectivity index (χ3v) is 5.91. The second-order valence-corrected chi connectivity index (χ2v) is 8.11. The van der Waals surface area contributed by atoms with Crippen LogP contribution in [0.3, 0.4) is 0 Å². The zero-order valence-corrected chi connectivity index (χ0v) is 17.2. The highest BCUT2D eigenvalue weighted by Gasteiger charge is 2.21. The van der Waals surface area contributed by atoms with Crippen LogP contribution in [0, 0.1) is 0 Å². The first-order valence-corrected chi connectivity index (χ1v) is 10.1. The summed E-state index contributed by atoms with van der Waals surface area (Å²) in [5.74, 6) is 0.599. The SMILES string of the molecule is COc1ccc(S(=O)(=O)NCCC(=O)NC2CCC(N)CC2)cc1OC.Cl. The Morgan fingerprint density at radius 3 is 2.37 bits per heavy atom. The molecule has 1 fully saturated rings. The molecule has 0 radical (unpaired) electrons. The summed E-state index contributed by atoms with van der Waals surface area (Å²) in [7, 11) is -0.826. The molecule has 1 aromatic carbocycles. The lowest BCUT2D eigenvalue weighted by atomic mass is 9.92. The Balaban J connectivity index is 0.00000364. The predicted octanol–water partition coefficient (Wildman–Crippen LogP) is 1.18. The van der Waals surface area contributed by atoms with Crippen LogP contribution >= 0.6 is 12.4 Å². The van der Waals surface area contributed by atoms with Crippen molar-refractivity contribution in [2.24, 2.45) is 5.73 Å². The summed E-state index contributed by atoms with van der Waals surface area (Å²) in [5, 5.41) is 2.93. The van der Waals surface area contributed by atoms with Crippen LogP contribution in [-0.4, -0.2) is 47.2 Å². The van der Waals surface area contributed by atoms with Gasteiger partial charge in [0.2, 0.25) is 15.9 Å². The van der Waals surface area contributed by atoms with Gasteiger partial charge in [-0.15, -0.1) is 12.4 Å². The van der Waals surface area contributed by atoms with Crippen molar-refractivity contribution in [1.82, 2.24) is 10.0 Å². The molecule has 0 spiro atoms. The summed E-state index contributed by atoms with van der Waals surface area (Å²) >= 11 is 0. The highest BCUT2D eigenvalue weighted by atomic mass is 35.5. The number of nitrogens with one attached hydrogen (secondary N) is 2. The van der Waals surface area contributed by atoms with Crippen molar-refractivity contribution in [3.63, 3.8) is 0 Å². The van der Waals surface area contributed by atoms with Crippen molar-refractivity contribution in [2.45, 2.75) is 49.1 Å². The van der Waals surface area contributed by atoms with Gasteiger partial charge in [0.05, 0.1) is 19.1 Å². The van der Waals surface area contributed by atoms with E-state index in [1.807, 2.05) is 0 Å². The quantitative estimate of drug-likeness (QED) is 0.579. The summed E-state index contributed by atoms with van der Waals surface area (Å²) in [6, 6.07) is 4.68. The van der Waals surface area contributed by atoms with Crippen LogP contribution in [0.2, 0.25) is 0 Å². The van der Waals surface area contributed by atoms with E-state index in [1.165, 1.54) is 32.4 Å². The molecule has 0 unspecified atom stereocenters. The highest BCUT2D eigenvalue weighted by Crippen LogP contribution is 2.29. The van der Waals surface area contributed by atoms with Crippen LogP contribution in [-0.2, 0) is 14.8 Å². The van der Waals surface area contributed by atoms with Crippen LogP contribution in [0.25, 0.3) is 0 Å². The van der Waals surface area contributed by atoms with Gasteiger partial charge in [0.25, 0.3) is 0 Å². The summed E-state index contributed by atoms with van der Waals surface area (Å²) in [5.41, 5.74) is 5.84. The lowest BCUT2D eigenvalue weighted by Gasteiger charge is -2.26. The Morgan fingerprint density at radius 1 is 1.15 bits per heavy atom. The lowest BCUT2D eigenvalue weighted by Crippen LogP contribution is -2.41. The molecule has 1 saturated carbocycles. The number of carbonyl (C=O) groups is 1. The van der Waals surface area contributed by atoms with Crippen molar-refractivity contribution in [3.05, 3.63) is 18.2 Å². The van der Waals surface area contributed by atoms with Gasteiger partial charge in [-0.25, -0.2) is 13.1 Å². The second kappa shape index (κ2) is 10.7. The molecular weight excluding hydrogens is 394 g/mol. The fourth-order valence-electron chi connectivity index (χ4n) is 2.93. The molecule has 0 bridgehead atoms. The van der Waals surface area contributed by atoms with E-state index >= 15 is 0 Å². The standard InChI is InChI=1S/C17H27N3O5S.ClH/c1-24-15-8-7-14(11-16(15)25-2)26(22,23)19-10-9-17(21)20-13-5-3-12(18)4-6-13;/h7-8,11-13,19H,3-6,9-10,18H2,1-2H3,(H,20,21);1H. The molecule has 0 heterocycles. The zero-order valence-electron chi connectivity index (χ0n) is 15.6. The van der Waals surface area contributed by atoms with Crippen molar-refractivity contribution in [2.75, 3.05) is 20.8 Å². The minimum absolute atomic E-state index is 0. The van der Waals surface area contributed by atoms with E-state index in [2.05, 4.69) is 10.0 Å². The smallest absolute Gasteiger partial charge is 0.240 e. The van der Waals surface area contributed by atoms with Gasteiger partial charge in [0.1, 0.15) is 0 Å². The average Bonchev–Trinajstić information content (AvgIpc) is 2.62. The van der Waals surface area contributed by atoms with E-state index in [9.17, 15) is 13.2 Å². The highest BCUT2D eigenvalue weighted by molar-refractivity contribution is 7.89.